The third-order valence-corrected chi connectivity index (χ3v) is 3.56. The molecule has 106 valence electrons. The third-order valence-electron chi connectivity index (χ3n) is 2.62. The van der Waals surface area contributed by atoms with E-state index >= 15 is 0 Å². The van der Waals surface area contributed by atoms with Crippen molar-refractivity contribution in [1.29, 1.82) is 0 Å². The zero-order valence-corrected chi connectivity index (χ0v) is 12.8. The summed E-state index contributed by atoms with van der Waals surface area (Å²) in [5.41, 5.74) is 1.85. The Kier molecular flexibility index (Phi) is 6.73. The van der Waals surface area contributed by atoms with Crippen molar-refractivity contribution in [3.05, 3.63) is 23.8 Å². The van der Waals surface area contributed by atoms with Crippen molar-refractivity contribution in [2.75, 3.05) is 44.6 Å². The van der Waals surface area contributed by atoms with Crippen LogP contribution in [0.2, 0.25) is 0 Å². The summed E-state index contributed by atoms with van der Waals surface area (Å²) in [7, 11) is 5.69. The van der Waals surface area contributed by atoms with E-state index in [1.807, 2.05) is 39.2 Å². The van der Waals surface area contributed by atoms with Crippen molar-refractivity contribution in [3.63, 3.8) is 0 Å². The molecule has 1 aromatic rings. The summed E-state index contributed by atoms with van der Waals surface area (Å²) < 4.78 is 5.14. The standard InChI is InChI=1S/C14H22N2O2S/c1-11-9-12(18-4)5-6-13(11)15-14(17)10-19-8-7-16(2)3/h5-6,9H,7-8,10H2,1-4H3,(H,15,17). The number of thioether (sulfide) groups is 1. The van der Waals surface area contributed by atoms with Crippen LogP contribution in [-0.2, 0) is 4.79 Å². The first-order valence-corrected chi connectivity index (χ1v) is 7.35. The van der Waals surface area contributed by atoms with Crippen LogP contribution < -0.4 is 10.1 Å². The van der Waals surface area contributed by atoms with E-state index in [4.69, 9.17) is 4.74 Å². The molecule has 0 saturated heterocycles. The second-order valence-corrected chi connectivity index (χ2v) is 5.69. The molecule has 0 aromatic heterocycles. The lowest BCUT2D eigenvalue weighted by molar-refractivity contribution is -0.113. The predicted molar refractivity (Wildman–Crippen MR) is 82.2 cm³/mol. The fourth-order valence-corrected chi connectivity index (χ4v) is 2.40. The molecule has 0 aliphatic heterocycles. The van der Waals surface area contributed by atoms with E-state index in [2.05, 4.69) is 10.2 Å². The molecule has 1 N–H and O–H groups in total. The number of aryl methyl sites for hydroxylation is 1. The van der Waals surface area contributed by atoms with Crippen molar-refractivity contribution >= 4 is 23.4 Å². The van der Waals surface area contributed by atoms with Crippen LogP contribution in [0.5, 0.6) is 5.75 Å². The van der Waals surface area contributed by atoms with E-state index in [-0.39, 0.29) is 5.91 Å². The largest absolute Gasteiger partial charge is 0.497 e. The molecule has 1 aromatic carbocycles. The number of anilines is 1. The van der Waals surface area contributed by atoms with Crippen LogP contribution in [0.4, 0.5) is 5.69 Å². The van der Waals surface area contributed by atoms with Crippen LogP contribution in [0.1, 0.15) is 5.56 Å². The Balaban J connectivity index is 2.40. The van der Waals surface area contributed by atoms with Gasteiger partial charge in [0.1, 0.15) is 5.75 Å². The van der Waals surface area contributed by atoms with Gasteiger partial charge in [0.2, 0.25) is 5.91 Å². The second-order valence-electron chi connectivity index (χ2n) is 4.58. The lowest BCUT2D eigenvalue weighted by Crippen LogP contribution is -2.18. The van der Waals surface area contributed by atoms with E-state index in [0.717, 1.165) is 29.3 Å². The molecule has 0 aliphatic rings. The molecule has 1 amide bonds. The number of hydrogen-bond donors (Lipinski definition) is 1. The molecule has 5 heteroatoms. The molecule has 4 nitrogen and oxygen atoms in total. The van der Waals surface area contributed by atoms with Crippen molar-refractivity contribution in [2.24, 2.45) is 0 Å². The maximum atomic E-state index is 11.8. The Bertz CT molecular complexity index is 422. The first kappa shape index (κ1) is 15.9. The zero-order valence-electron chi connectivity index (χ0n) is 12.0. The highest BCUT2D eigenvalue weighted by molar-refractivity contribution is 7.99. The maximum absolute atomic E-state index is 11.8. The Hall–Kier alpha value is -1.20. The SMILES string of the molecule is COc1ccc(NC(=O)CSCCN(C)C)c(C)c1. The number of ether oxygens (including phenoxy) is 1. The summed E-state index contributed by atoms with van der Waals surface area (Å²) in [5, 5.41) is 2.92. The topological polar surface area (TPSA) is 41.6 Å². The molecule has 0 fully saturated rings. The summed E-state index contributed by atoms with van der Waals surface area (Å²) in [4.78, 5) is 13.9. The summed E-state index contributed by atoms with van der Waals surface area (Å²) >= 11 is 1.64. The van der Waals surface area contributed by atoms with E-state index in [9.17, 15) is 4.79 Å². The summed E-state index contributed by atoms with van der Waals surface area (Å²) in [6.07, 6.45) is 0. The highest BCUT2D eigenvalue weighted by Crippen LogP contribution is 2.21. The summed E-state index contributed by atoms with van der Waals surface area (Å²) in [5.74, 6) is 2.29. The normalized spacial score (nSPS) is 10.6. The van der Waals surface area contributed by atoms with Gasteiger partial charge in [0, 0.05) is 18.0 Å². The van der Waals surface area contributed by atoms with Gasteiger partial charge < -0.3 is 15.0 Å². The van der Waals surface area contributed by atoms with Gasteiger partial charge in [-0.1, -0.05) is 0 Å². The first-order valence-electron chi connectivity index (χ1n) is 6.20. The summed E-state index contributed by atoms with van der Waals surface area (Å²) in [6, 6.07) is 5.63. The van der Waals surface area contributed by atoms with Gasteiger partial charge in [-0.3, -0.25) is 4.79 Å². The first-order chi connectivity index (χ1) is 9.02. The fraction of sp³-hybridized carbons (Fsp3) is 0.500. The average Bonchev–Trinajstić information content (AvgIpc) is 2.37. The average molecular weight is 282 g/mol. The van der Waals surface area contributed by atoms with E-state index in [1.165, 1.54) is 0 Å². The number of methoxy groups -OCH3 is 1. The molecule has 0 spiro atoms. The van der Waals surface area contributed by atoms with Gasteiger partial charge in [-0.05, 0) is 44.8 Å². The number of benzene rings is 1. The maximum Gasteiger partial charge on any atom is 0.234 e. The number of rotatable bonds is 7. The molecule has 19 heavy (non-hydrogen) atoms. The molecule has 0 radical (unpaired) electrons. The number of carbonyl (C=O) groups is 1. The van der Waals surface area contributed by atoms with Crippen molar-refractivity contribution in [1.82, 2.24) is 4.90 Å². The predicted octanol–water partition coefficient (Wildman–Crippen LogP) is 2.24. The molecule has 0 atom stereocenters. The van der Waals surface area contributed by atoms with E-state index in [0.29, 0.717) is 5.75 Å². The van der Waals surface area contributed by atoms with Gasteiger partial charge in [-0.25, -0.2) is 0 Å². The highest BCUT2D eigenvalue weighted by atomic mass is 32.2. The van der Waals surface area contributed by atoms with Gasteiger partial charge >= 0.3 is 0 Å². The number of amides is 1. The molecule has 0 saturated carbocycles. The van der Waals surface area contributed by atoms with Gasteiger partial charge in [0.05, 0.1) is 12.9 Å². The van der Waals surface area contributed by atoms with Crippen LogP contribution in [-0.4, -0.2) is 50.1 Å². The molecular weight excluding hydrogens is 260 g/mol. The van der Waals surface area contributed by atoms with Gasteiger partial charge in [-0.2, -0.15) is 11.8 Å². The molecule has 1 rings (SSSR count). The molecule has 0 heterocycles. The van der Waals surface area contributed by atoms with Gasteiger partial charge in [0.25, 0.3) is 0 Å². The molecular formula is C14H22N2O2S. The smallest absolute Gasteiger partial charge is 0.234 e. The van der Waals surface area contributed by atoms with Gasteiger partial charge in [-0.15, -0.1) is 0 Å². The lowest BCUT2D eigenvalue weighted by Gasteiger charge is -2.11. The van der Waals surface area contributed by atoms with Crippen LogP contribution in [0.3, 0.4) is 0 Å². The number of nitrogens with one attached hydrogen (secondary N) is 1. The minimum atomic E-state index is 0.0389. The van der Waals surface area contributed by atoms with Crippen molar-refractivity contribution in [2.45, 2.75) is 6.92 Å². The number of carbonyl (C=O) groups excluding carboxylic acids is 1. The minimum Gasteiger partial charge on any atom is -0.497 e. The molecule has 0 aliphatic carbocycles. The summed E-state index contributed by atoms with van der Waals surface area (Å²) in [6.45, 7) is 2.94. The third kappa shape index (κ3) is 5.98. The fourth-order valence-electron chi connectivity index (χ4n) is 1.50. The van der Waals surface area contributed by atoms with Crippen LogP contribution in [0.15, 0.2) is 18.2 Å². The molecule has 0 bridgehead atoms. The second kappa shape index (κ2) is 8.07. The van der Waals surface area contributed by atoms with Crippen LogP contribution in [0.25, 0.3) is 0 Å². The van der Waals surface area contributed by atoms with Crippen LogP contribution >= 0.6 is 11.8 Å². The van der Waals surface area contributed by atoms with E-state index < -0.39 is 0 Å². The van der Waals surface area contributed by atoms with E-state index in [1.54, 1.807) is 18.9 Å². The van der Waals surface area contributed by atoms with Crippen molar-refractivity contribution < 1.29 is 9.53 Å². The van der Waals surface area contributed by atoms with Crippen molar-refractivity contribution in [3.8, 4) is 5.75 Å². The Morgan fingerprint density at radius 3 is 2.74 bits per heavy atom. The number of hydrogen-bond acceptors (Lipinski definition) is 4. The Labute approximate surface area is 119 Å². The Morgan fingerprint density at radius 2 is 2.16 bits per heavy atom. The zero-order chi connectivity index (χ0) is 14.3. The quantitative estimate of drug-likeness (QED) is 0.779. The Morgan fingerprint density at radius 1 is 1.42 bits per heavy atom. The lowest BCUT2D eigenvalue weighted by atomic mass is 10.2. The number of nitrogens with zero attached hydrogens (tertiary/aromatic N) is 1. The highest BCUT2D eigenvalue weighted by Gasteiger charge is 2.06. The monoisotopic (exact) mass is 282 g/mol. The molecule has 0 unspecified atom stereocenters. The van der Waals surface area contributed by atoms with Crippen LogP contribution in [0, 0.1) is 6.92 Å². The van der Waals surface area contributed by atoms with Gasteiger partial charge in [0.15, 0.2) is 0 Å². The minimum absolute atomic E-state index is 0.0389.